The Morgan fingerprint density at radius 1 is 1.19 bits per heavy atom. The predicted octanol–water partition coefficient (Wildman–Crippen LogP) is 3.72. The second-order valence-electron chi connectivity index (χ2n) is 6.99. The van der Waals surface area contributed by atoms with Gasteiger partial charge in [-0.15, -0.1) is 0 Å². The first-order valence-electron chi connectivity index (χ1n) is 8.53. The fourth-order valence-corrected chi connectivity index (χ4v) is 3.35. The van der Waals surface area contributed by atoms with Gasteiger partial charge in [0.15, 0.2) is 0 Å². The number of imidazole rings is 1. The molecule has 0 radical (unpaired) electrons. The van der Waals surface area contributed by atoms with Crippen molar-refractivity contribution in [2.75, 3.05) is 5.32 Å². The van der Waals surface area contributed by atoms with E-state index in [0.717, 1.165) is 27.9 Å². The monoisotopic (exact) mass is 358 g/mol. The molecule has 5 nitrogen and oxygen atoms in total. The average molecular weight is 358 g/mol. The number of benzene rings is 1. The number of nitrogens with zero attached hydrogens (tertiary/aromatic N) is 3. The summed E-state index contributed by atoms with van der Waals surface area (Å²) in [6.07, 6.45) is 1.93. The first-order chi connectivity index (χ1) is 12.3. The van der Waals surface area contributed by atoms with E-state index in [4.69, 9.17) is 0 Å². The molecule has 1 fully saturated rings. The van der Waals surface area contributed by atoms with E-state index < -0.39 is 18.1 Å². The summed E-state index contributed by atoms with van der Waals surface area (Å²) >= 11 is 0. The molecule has 1 aromatic carbocycles. The van der Waals surface area contributed by atoms with E-state index >= 15 is 0 Å². The SMILES string of the molecule is Cc1ncc(-c2ccc3cnc(NC(O)C4CC(F)(F)C4)cc3c2)n1C. The van der Waals surface area contributed by atoms with Gasteiger partial charge in [0, 0.05) is 43.0 Å². The summed E-state index contributed by atoms with van der Waals surface area (Å²) < 4.78 is 28.0. The van der Waals surface area contributed by atoms with Gasteiger partial charge in [0.05, 0.1) is 11.9 Å². The molecule has 4 rings (SSSR count). The highest BCUT2D eigenvalue weighted by Crippen LogP contribution is 2.44. The van der Waals surface area contributed by atoms with Crippen molar-refractivity contribution in [1.82, 2.24) is 14.5 Å². The van der Waals surface area contributed by atoms with Crippen molar-refractivity contribution < 1.29 is 13.9 Å². The van der Waals surface area contributed by atoms with Crippen LogP contribution in [0.1, 0.15) is 18.7 Å². The summed E-state index contributed by atoms with van der Waals surface area (Å²) in [5, 5.41) is 14.9. The summed E-state index contributed by atoms with van der Waals surface area (Å²) in [5.41, 5.74) is 2.03. The van der Waals surface area contributed by atoms with E-state index in [2.05, 4.69) is 15.3 Å². The normalized spacial score (nSPS) is 17.9. The van der Waals surface area contributed by atoms with Crippen LogP contribution in [-0.4, -0.2) is 31.8 Å². The maximum Gasteiger partial charge on any atom is 0.249 e. The Balaban J connectivity index is 1.59. The lowest BCUT2D eigenvalue weighted by molar-refractivity contribution is -0.136. The number of hydrogen-bond donors (Lipinski definition) is 2. The lowest BCUT2D eigenvalue weighted by Crippen LogP contribution is -2.45. The quantitative estimate of drug-likeness (QED) is 0.698. The maximum absolute atomic E-state index is 13.0. The third kappa shape index (κ3) is 3.03. The molecule has 0 spiro atoms. The van der Waals surface area contributed by atoms with E-state index in [1.165, 1.54) is 0 Å². The van der Waals surface area contributed by atoms with Crippen molar-refractivity contribution in [2.45, 2.75) is 31.9 Å². The topological polar surface area (TPSA) is 63.0 Å². The maximum atomic E-state index is 13.0. The molecule has 1 aliphatic rings. The third-order valence-corrected chi connectivity index (χ3v) is 5.10. The fourth-order valence-electron chi connectivity index (χ4n) is 3.35. The zero-order valence-electron chi connectivity index (χ0n) is 14.6. The van der Waals surface area contributed by atoms with Gasteiger partial charge in [-0.2, -0.15) is 0 Å². The van der Waals surface area contributed by atoms with Gasteiger partial charge < -0.3 is 15.0 Å². The number of aryl methyl sites for hydroxylation is 1. The highest BCUT2D eigenvalue weighted by Gasteiger charge is 2.48. The van der Waals surface area contributed by atoms with E-state index in [9.17, 15) is 13.9 Å². The minimum atomic E-state index is -2.65. The number of halogens is 2. The van der Waals surface area contributed by atoms with Gasteiger partial charge in [0.1, 0.15) is 17.9 Å². The predicted molar refractivity (Wildman–Crippen MR) is 96.0 cm³/mol. The molecule has 0 aliphatic heterocycles. The standard InChI is InChI=1S/C19H20F2N4O/c1-11-22-10-16(25(11)2)12-3-4-13-9-23-17(6-14(13)5-12)24-18(26)15-7-19(20,21)8-15/h3-6,9-10,15,18,26H,7-8H2,1-2H3,(H,23,24). The molecule has 1 saturated carbocycles. The molecule has 7 heteroatoms. The first-order valence-corrected chi connectivity index (χ1v) is 8.53. The molecule has 0 bridgehead atoms. The zero-order chi connectivity index (χ0) is 18.5. The average Bonchev–Trinajstić information content (AvgIpc) is 2.91. The lowest BCUT2D eigenvalue weighted by atomic mass is 9.80. The van der Waals surface area contributed by atoms with E-state index in [1.807, 2.05) is 49.0 Å². The number of aliphatic hydroxyl groups is 1. The van der Waals surface area contributed by atoms with Crippen LogP contribution in [0.15, 0.2) is 36.7 Å². The van der Waals surface area contributed by atoms with Crippen molar-refractivity contribution in [3.05, 3.63) is 42.5 Å². The Bertz CT molecular complexity index is 961. The molecule has 2 N–H and O–H groups in total. The van der Waals surface area contributed by atoms with Crippen molar-refractivity contribution in [3.8, 4) is 11.3 Å². The van der Waals surface area contributed by atoms with E-state index in [-0.39, 0.29) is 12.8 Å². The second-order valence-corrected chi connectivity index (χ2v) is 6.99. The van der Waals surface area contributed by atoms with Gasteiger partial charge >= 0.3 is 0 Å². The molecule has 1 aliphatic carbocycles. The van der Waals surface area contributed by atoms with Crippen LogP contribution >= 0.6 is 0 Å². The van der Waals surface area contributed by atoms with E-state index in [0.29, 0.717) is 5.82 Å². The molecule has 1 unspecified atom stereocenters. The van der Waals surface area contributed by atoms with Crippen LogP contribution in [0.3, 0.4) is 0 Å². The van der Waals surface area contributed by atoms with Crippen LogP contribution in [0.4, 0.5) is 14.6 Å². The van der Waals surface area contributed by atoms with Crippen molar-refractivity contribution >= 4 is 16.6 Å². The van der Waals surface area contributed by atoms with Crippen LogP contribution in [0.2, 0.25) is 0 Å². The Morgan fingerprint density at radius 3 is 2.62 bits per heavy atom. The number of fused-ring (bicyclic) bond motifs is 1. The van der Waals surface area contributed by atoms with E-state index in [1.54, 1.807) is 6.20 Å². The van der Waals surface area contributed by atoms with Crippen LogP contribution in [0, 0.1) is 12.8 Å². The summed E-state index contributed by atoms with van der Waals surface area (Å²) in [4.78, 5) is 8.59. The van der Waals surface area contributed by atoms with Crippen LogP contribution in [-0.2, 0) is 7.05 Å². The highest BCUT2D eigenvalue weighted by atomic mass is 19.3. The smallest absolute Gasteiger partial charge is 0.249 e. The molecule has 136 valence electrons. The molecule has 3 aromatic rings. The summed E-state index contributed by atoms with van der Waals surface area (Å²) in [6.45, 7) is 1.95. The number of rotatable bonds is 4. The van der Waals surface area contributed by atoms with Gasteiger partial charge in [0.25, 0.3) is 0 Å². The second kappa shape index (κ2) is 6.02. The number of nitrogens with one attached hydrogen (secondary N) is 1. The molecule has 0 saturated heterocycles. The van der Waals surface area contributed by atoms with Crippen LogP contribution in [0.5, 0.6) is 0 Å². The van der Waals surface area contributed by atoms with Gasteiger partial charge in [-0.1, -0.05) is 12.1 Å². The molecule has 2 aromatic heterocycles. The molecular weight excluding hydrogens is 338 g/mol. The number of aromatic nitrogens is 3. The molecule has 1 atom stereocenters. The Labute approximate surface area is 149 Å². The first kappa shape index (κ1) is 16.9. The van der Waals surface area contributed by atoms with Crippen LogP contribution in [0.25, 0.3) is 22.0 Å². The van der Waals surface area contributed by atoms with Gasteiger partial charge in [-0.25, -0.2) is 18.7 Å². The van der Waals surface area contributed by atoms with Crippen molar-refractivity contribution in [2.24, 2.45) is 13.0 Å². The summed E-state index contributed by atoms with van der Waals surface area (Å²) in [5.74, 6) is -1.71. The van der Waals surface area contributed by atoms with Gasteiger partial charge in [-0.3, -0.25) is 0 Å². The van der Waals surface area contributed by atoms with Gasteiger partial charge in [-0.05, 0) is 24.4 Å². The number of alkyl halides is 2. The molecule has 0 amide bonds. The minimum Gasteiger partial charge on any atom is -0.373 e. The van der Waals surface area contributed by atoms with Crippen LogP contribution < -0.4 is 5.32 Å². The number of pyridine rings is 1. The number of anilines is 1. The fraction of sp³-hybridized carbons (Fsp3) is 0.368. The molecular formula is C19H20F2N4O. The summed E-state index contributed by atoms with van der Waals surface area (Å²) in [6, 6.07) is 7.84. The minimum absolute atomic E-state index is 0.293. The number of hydrogen-bond acceptors (Lipinski definition) is 4. The zero-order valence-corrected chi connectivity index (χ0v) is 14.6. The Morgan fingerprint density at radius 2 is 1.96 bits per heavy atom. The lowest BCUT2D eigenvalue weighted by Gasteiger charge is -2.38. The van der Waals surface area contributed by atoms with Gasteiger partial charge in [0.2, 0.25) is 5.92 Å². The third-order valence-electron chi connectivity index (χ3n) is 5.10. The highest BCUT2D eigenvalue weighted by molar-refractivity contribution is 5.88. The molecule has 26 heavy (non-hydrogen) atoms. The Hall–Kier alpha value is -2.54. The van der Waals surface area contributed by atoms with Crippen molar-refractivity contribution in [1.29, 1.82) is 0 Å². The van der Waals surface area contributed by atoms with Crippen molar-refractivity contribution in [3.63, 3.8) is 0 Å². The number of aliphatic hydroxyl groups excluding tert-OH is 1. The summed E-state index contributed by atoms with van der Waals surface area (Å²) in [7, 11) is 1.96. The largest absolute Gasteiger partial charge is 0.373 e. The Kier molecular flexibility index (Phi) is 3.91. The molecule has 2 heterocycles.